The Kier molecular flexibility index (Phi) is 5.18. The topological polar surface area (TPSA) is 82.5 Å². The van der Waals surface area contributed by atoms with E-state index >= 15 is 0 Å². The molecule has 0 aliphatic carbocycles. The lowest BCUT2D eigenvalue weighted by molar-refractivity contribution is 0.0709. The minimum absolute atomic E-state index is 0.0674. The van der Waals surface area contributed by atoms with Crippen molar-refractivity contribution in [3.05, 3.63) is 71.4 Å². The molecule has 3 heterocycles. The van der Waals surface area contributed by atoms with Crippen molar-refractivity contribution in [1.29, 1.82) is 0 Å². The van der Waals surface area contributed by atoms with Crippen LogP contribution in [0.4, 0.5) is 11.6 Å². The first-order valence-corrected chi connectivity index (χ1v) is 10.5. The highest BCUT2D eigenvalue weighted by Crippen LogP contribution is 2.28. The molecule has 2 aliphatic heterocycles. The molecule has 1 atom stereocenters. The summed E-state index contributed by atoms with van der Waals surface area (Å²) in [6, 6.07) is 15.9. The van der Waals surface area contributed by atoms with E-state index in [4.69, 9.17) is 4.98 Å². The number of nitrogens with one attached hydrogen (secondary N) is 2. The fraction of sp³-hybridized carbons (Fsp3) is 0.250. The zero-order chi connectivity index (χ0) is 21.2. The predicted molar refractivity (Wildman–Crippen MR) is 122 cm³/mol. The molecule has 7 heteroatoms. The van der Waals surface area contributed by atoms with Crippen molar-refractivity contribution in [3.8, 4) is 11.3 Å². The van der Waals surface area contributed by atoms with Crippen LogP contribution < -0.4 is 10.6 Å². The van der Waals surface area contributed by atoms with E-state index in [-0.39, 0.29) is 5.91 Å². The Morgan fingerprint density at radius 2 is 2.00 bits per heavy atom. The Labute approximate surface area is 181 Å². The highest BCUT2D eigenvalue weighted by atomic mass is 16.2. The van der Waals surface area contributed by atoms with Crippen LogP contribution in [0.15, 0.2) is 59.7 Å². The van der Waals surface area contributed by atoms with Crippen molar-refractivity contribution in [3.63, 3.8) is 0 Å². The standard InChI is InChI=1S/C24H24N6O/c1-16-15-30(11-10-26-16)23(31)17-6-8-20(9-7-17)28-24-27-14-19-13-25-12-18-4-2-3-5-21(18)22(19)29-24/h2-9,12,14,16,26H,10-11,13,15H2,1H3,(H,27,28,29). The predicted octanol–water partition coefficient (Wildman–Crippen LogP) is 3.25. The van der Waals surface area contributed by atoms with Gasteiger partial charge in [-0.25, -0.2) is 9.97 Å². The number of nitrogens with zero attached hydrogens (tertiary/aromatic N) is 4. The smallest absolute Gasteiger partial charge is 0.253 e. The van der Waals surface area contributed by atoms with E-state index in [9.17, 15) is 4.79 Å². The van der Waals surface area contributed by atoms with Gasteiger partial charge in [0.05, 0.1) is 12.2 Å². The van der Waals surface area contributed by atoms with Crippen LogP contribution in [0, 0.1) is 0 Å². The quantitative estimate of drug-likeness (QED) is 0.690. The number of aliphatic imine (C=N–C) groups is 1. The molecule has 2 aliphatic rings. The zero-order valence-corrected chi connectivity index (χ0v) is 17.4. The Morgan fingerprint density at radius 1 is 1.16 bits per heavy atom. The average molecular weight is 412 g/mol. The maximum Gasteiger partial charge on any atom is 0.253 e. The molecule has 2 N–H and O–H groups in total. The summed E-state index contributed by atoms with van der Waals surface area (Å²) in [7, 11) is 0. The van der Waals surface area contributed by atoms with Gasteiger partial charge >= 0.3 is 0 Å². The molecule has 31 heavy (non-hydrogen) atoms. The van der Waals surface area contributed by atoms with Crippen LogP contribution in [0.2, 0.25) is 0 Å². The highest BCUT2D eigenvalue weighted by molar-refractivity contribution is 5.95. The van der Waals surface area contributed by atoms with Gasteiger partial charge in [-0.05, 0) is 31.2 Å². The number of amides is 1. The minimum atomic E-state index is 0.0674. The Balaban J connectivity index is 1.35. The van der Waals surface area contributed by atoms with E-state index in [0.29, 0.717) is 24.1 Å². The van der Waals surface area contributed by atoms with Gasteiger partial charge in [0.25, 0.3) is 5.91 Å². The summed E-state index contributed by atoms with van der Waals surface area (Å²) in [6.45, 7) is 4.95. The summed E-state index contributed by atoms with van der Waals surface area (Å²) in [4.78, 5) is 28.4. The highest BCUT2D eigenvalue weighted by Gasteiger charge is 2.21. The van der Waals surface area contributed by atoms with Gasteiger partial charge in [0, 0.05) is 66.0 Å². The van der Waals surface area contributed by atoms with Crippen molar-refractivity contribution in [2.75, 3.05) is 25.0 Å². The van der Waals surface area contributed by atoms with Crippen LogP contribution in [-0.2, 0) is 6.54 Å². The summed E-state index contributed by atoms with van der Waals surface area (Å²) in [5, 5.41) is 6.62. The second-order valence-corrected chi connectivity index (χ2v) is 7.93. The van der Waals surface area contributed by atoms with E-state index in [1.807, 2.05) is 59.8 Å². The van der Waals surface area contributed by atoms with Gasteiger partial charge in [0.15, 0.2) is 0 Å². The van der Waals surface area contributed by atoms with Gasteiger partial charge in [-0.1, -0.05) is 24.3 Å². The summed E-state index contributed by atoms with van der Waals surface area (Å²) in [5.41, 5.74) is 5.52. The van der Waals surface area contributed by atoms with Crippen molar-refractivity contribution in [2.24, 2.45) is 4.99 Å². The third kappa shape index (κ3) is 4.04. The number of hydrogen-bond acceptors (Lipinski definition) is 6. The molecule has 2 aromatic carbocycles. The van der Waals surface area contributed by atoms with Gasteiger partial charge in [0.1, 0.15) is 0 Å². The summed E-state index contributed by atoms with van der Waals surface area (Å²) in [6.07, 6.45) is 3.71. The Morgan fingerprint density at radius 3 is 2.84 bits per heavy atom. The average Bonchev–Trinajstić information content (AvgIpc) is 2.98. The van der Waals surface area contributed by atoms with E-state index in [1.54, 1.807) is 0 Å². The van der Waals surface area contributed by atoms with E-state index in [1.165, 1.54) is 0 Å². The number of rotatable bonds is 3. The van der Waals surface area contributed by atoms with Crippen molar-refractivity contribution >= 4 is 23.8 Å². The second-order valence-electron chi connectivity index (χ2n) is 7.93. The molecule has 0 spiro atoms. The fourth-order valence-electron chi connectivity index (χ4n) is 4.01. The van der Waals surface area contributed by atoms with Gasteiger partial charge in [-0.15, -0.1) is 0 Å². The van der Waals surface area contributed by atoms with Crippen LogP contribution >= 0.6 is 0 Å². The lowest BCUT2D eigenvalue weighted by atomic mass is 10.0. The molecule has 1 aromatic heterocycles. The maximum atomic E-state index is 12.8. The van der Waals surface area contributed by atoms with Crippen molar-refractivity contribution in [2.45, 2.75) is 19.5 Å². The summed E-state index contributed by atoms with van der Waals surface area (Å²) in [5.74, 6) is 0.586. The first kappa shape index (κ1) is 19.4. The normalized spacial score (nSPS) is 17.5. The van der Waals surface area contributed by atoms with Crippen molar-refractivity contribution in [1.82, 2.24) is 20.2 Å². The largest absolute Gasteiger partial charge is 0.336 e. The minimum Gasteiger partial charge on any atom is -0.336 e. The lowest BCUT2D eigenvalue weighted by Crippen LogP contribution is -2.51. The van der Waals surface area contributed by atoms with Gasteiger partial charge in [-0.3, -0.25) is 9.79 Å². The third-order valence-corrected chi connectivity index (χ3v) is 5.62. The molecule has 5 rings (SSSR count). The number of carbonyl (C=O) groups is 1. The van der Waals surface area contributed by atoms with Gasteiger partial charge < -0.3 is 15.5 Å². The number of carbonyl (C=O) groups excluding carboxylic acids is 1. The SMILES string of the molecule is CC1CN(C(=O)c2ccc(Nc3ncc4c(n3)-c3ccccc3C=NC4)cc2)CCN1. The van der Waals surface area contributed by atoms with Crippen LogP contribution in [0.1, 0.15) is 28.4 Å². The zero-order valence-electron chi connectivity index (χ0n) is 17.4. The second kappa shape index (κ2) is 8.28. The van der Waals surface area contributed by atoms with E-state index in [2.05, 4.69) is 33.6 Å². The molecule has 0 bridgehead atoms. The Hall–Kier alpha value is -3.58. The summed E-state index contributed by atoms with van der Waals surface area (Å²) < 4.78 is 0. The molecule has 0 saturated carbocycles. The van der Waals surface area contributed by atoms with Crippen LogP contribution in [0.5, 0.6) is 0 Å². The van der Waals surface area contributed by atoms with E-state index < -0.39 is 0 Å². The number of hydrogen-bond donors (Lipinski definition) is 2. The molecule has 156 valence electrons. The third-order valence-electron chi connectivity index (χ3n) is 5.62. The molecule has 0 radical (unpaired) electrons. The number of anilines is 2. The van der Waals surface area contributed by atoms with Crippen LogP contribution in [0.3, 0.4) is 0 Å². The van der Waals surface area contributed by atoms with Gasteiger partial charge in [0.2, 0.25) is 5.95 Å². The molecule has 1 fully saturated rings. The molecular formula is C24H24N6O. The summed E-state index contributed by atoms with van der Waals surface area (Å²) >= 11 is 0. The number of benzene rings is 2. The van der Waals surface area contributed by atoms with Crippen LogP contribution in [-0.4, -0.2) is 52.7 Å². The monoisotopic (exact) mass is 412 g/mol. The first-order valence-electron chi connectivity index (χ1n) is 10.5. The molecule has 1 saturated heterocycles. The first-order chi connectivity index (χ1) is 15.2. The van der Waals surface area contributed by atoms with Gasteiger partial charge in [-0.2, -0.15) is 0 Å². The molecule has 1 unspecified atom stereocenters. The Bertz CT molecular complexity index is 1140. The molecule has 1 amide bonds. The van der Waals surface area contributed by atoms with E-state index in [0.717, 1.165) is 47.7 Å². The fourth-order valence-corrected chi connectivity index (χ4v) is 4.01. The van der Waals surface area contributed by atoms with Crippen LogP contribution in [0.25, 0.3) is 11.3 Å². The number of fused-ring (bicyclic) bond motifs is 3. The molecule has 7 nitrogen and oxygen atoms in total. The number of aromatic nitrogens is 2. The van der Waals surface area contributed by atoms with Crippen molar-refractivity contribution < 1.29 is 4.79 Å². The number of piperazine rings is 1. The maximum absolute atomic E-state index is 12.8. The molecule has 3 aromatic rings. The lowest BCUT2D eigenvalue weighted by Gasteiger charge is -2.32. The molecular weight excluding hydrogens is 388 g/mol.